The molecule has 3 nitrogen and oxygen atoms in total. The molecule has 0 aromatic heterocycles. The summed E-state index contributed by atoms with van der Waals surface area (Å²) in [7, 11) is 0. The van der Waals surface area contributed by atoms with Gasteiger partial charge in [-0.25, -0.2) is 0 Å². The van der Waals surface area contributed by atoms with Crippen LogP contribution in [0.1, 0.15) is 0 Å². The van der Waals surface area contributed by atoms with Gasteiger partial charge in [-0.1, -0.05) is 0 Å². The summed E-state index contributed by atoms with van der Waals surface area (Å²) >= 11 is -3.94. The molecule has 0 aliphatic carbocycles. The molecule has 0 spiro atoms. The number of hydrogen-bond donors (Lipinski definition) is 0. The third-order valence-corrected chi connectivity index (χ3v) is 0. The van der Waals surface area contributed by atoms with Crippen LogP contribution in [0.25, 0.3) is 0 Å². The van der Waals surface area contributed by atoms with E-state index in [0.717, 1.165) is 0 Å². The van der Waals surface area contributed by atoms with Crippen molar-refractivity contribution in [1.82, 2.24) is 0 Å². The summed E-state index contributed by atoms with van der Waals surface area (Å²) in [5.74, 6) is 0. The Kier molecular flexibility index (Phi) is 9.30. The molecule has 5 heteroatoms. The molecule has 0 saturated heterocycles. The van der Waals surface area contributed by atoms with E-state index in [2.05, 4.69) is 0 Å². The van der Waals surface area contributed by atoms with Crippen LogP contribution in [0.4, 0.5) is 0 Å². The quantitative estimate of drug-likeness (QED) is 0.328. The molecule has 0 radical (unpaired) electrons. The molecule has 0 N–H and O–H groups in total. The maximum absolute atomic E-state index is 8.56. The fourth-order valence-electron chi connectivity index (χ4n) is 0. The minimum absolute atomic E-state index is 0. The second-order valence-electron chi connectivity index (χ2n) is 0.224. The predicted octanol–water partition coefficient (Wildman–Crippen LogP) is -4.33. The van der Waals surface area contributed by atoms with Gasteiger partial charge in [-0.3, -0.25) is 0 Å². The Morgan fingerprint density at radius 3 is 1.00 bits per heavy atom. The van der Waals surface area contributed by atoms with Crippen LogP contribution in [0.3, 0.4) is 0 Å². The van der Waals surface area contributed by atoms with Crippen molar-refractivity contribution >= 4 is 33.0 Å². The number of rotatable bonds is 0. The zero-order chi connectivity index (χ0) is 3.58. The molecular weight excluding hydrogens is 150 g/mol. The molecule has 0 amide bonds. The van der Waals surface area contributed by atoms with E-state index in [1.54, 1.807) is 0 Å². The summed E-state index contributed by atoms with van der Waals surface area (Å²) in [6.07, 6.45) is 0. The summed E-state index contributed by atoms with van der Waals surface area (Å²) < 4.78 is 25.7. The van der Waals surface area contributed by atoms with Crippen molar-refractivity contribution in [3.8, 4) is 0 Å². The monoisotopic (exact) mass is 150 g/mol. The fraction of sp³-hybridized carbons (Fsp3) is 0. The van der Waals surface area contributed by atoms with E-state index in [1.165, 1.54) is 0 Å². The molecule has 0 aromatic rings. The van der Waals surface area contributed by atoms with E-state index in [0.29, 0.717) is 0 Å². The maximum atomic E-state index is 8.56. The van der Waals surface area contributed by atoms with Crippen LogP contribution in [0.2, 0.25) is 0 Å². The van der Waals surface area contributed by atoms with Gasteiger partial charge in [-0.2, -0.15) is 0 Å². The van der Waals surface area contributed by atoms with Gasteiger partial charge in [-0.15, -0.1) is 0 Å². The Morgan fingerprint density at radius 1 is 1.00 bits per heavy atom. The van der Waals surface area contributed by atoms with Gasteiger partial charge in [0, 0.05) is 0 Å². The Labute approximate surface area is 45.7 Å². The standard InChI is InChI=1S/Al.AsO3/c;2-1(3)4/q+3;-3. The second-order valence-corrected chi connectivity index (χ2v) is 1.16. The molecular formula is AlAsO3. The summed E-state index contributed by atoms with van der Waals surface area (Å²) in [5.41, 5.74) is 0. The third kappa shape index (κ3) is 46.5. The Morgan fingerprint density at radius 2 is 1.00 bits per heavy atom. The summed E-state index contributed by atoms with van der Waals surface area (Å²) in [6.45, 7) is 0. The summed E-state index contributed by atoms with van der Waals surface area (Å²) in [4.78, 5) is 0. The molecule has 0 atom stereocenters. The minimum atomic E-state index is -3.94. The Bertz CT molecular complexity index is 11.6. The first-order valence-electron chi connectivity index (χ1n) is 0.548. The average Bonchev–Trinajstić information content (AvgIpc) is 0.811. The Balaban J connectivity index is 0. The summed E-state index contributed by atoms with van der Waals surface area (Å²) in [5, 5.41) is 0. The summed E-state index contributed by atoms with van der Waals surface area (Å²) in [6, 6.07) is 0. The molecule has 0 fully saturated rings. The van der Waals surface area contributed by atoms with Crippen molar-refractivity contribution < 1.29 is 12.3 Å². The van der Waals surface area contributed by atoms with Crippen molar-refractivity contribution in [2.24, 2.45) is 0 Å². The molecule has 0 rings (SSSR count). The SMILES string of the molecule is [Al+3].[O-][As]([O-])[O-]. The van der Waals surface area contributed by atoms with E-state index in [-0.39, 0.29) is 17.4 Å². The van der Waals surface area contributed by atoms with Crippen LogP contribution in [-0.2, 0) is 0 Å². The van der Waals surface area contributed by atoms with Gasteiger partial charge in [0.05, 0.1) is 0 Å². The second kappa shape index (κ2) is 4.97. The van der Waals surface area contributed by atoms with Crippen molar-refractivity contribution in [1.29, 1.82) is 0 Å². The zero-order valence-electron chi connectivity index (χ0n) is 2.25. The first-order valence-corrected chi connectivity index (χ1v) is 2.85. The van der Waals surface area contributed by atoms with Crippen LogP contribution >= 0.6 is 0 Å². The van der Waals surface area contributed by atoms with Crippen LogP contribution in [0.5, 0.6) is 0 Å². The first kappa shape index (κ1) is 9.36. The average molecular weight is 150 g/mol. The molecule has 0 bridgehead atoms. The fourth-order valence-corrected chi connectivity index (χ4v) is 0. The van der Waals surface area contributed by atoms with Crippen LogP contribution in [-0.4, -0.2) is 33.0 Å². The van der Waals surface area contributed by atoms with Crippen LogP contribution < -0.4 is 12.3 Å². The number of hydrogen-bond acceptors (Lipinski definition) is 3. The third-order valence-electron chi connectivity index (χ3n) is 0. The molecule has 0 saturated carbocycles. The Hall–Kier alpha value is 0.971. The normalized spacial score (nSPS) is 7.20. The van der Waals surface area contributed by atoms with Crippen molar-refractivity contribution in [3.63, 3.8) is 0 Å². The van der Waals surface area contributed by atoms with Gasteiger partial charge in [0.2, 0.25) is 0 Å². The van der Waals surface area contributed by atoms with Crippen LogP contribution in [0, 0.1) is 0 Å². The van der Waals surface area contributed by atoms with Gasteiger partial charge in [0.1, 0.15) is 0 Å². The van der Waals surface area contributed by atoms with Crippen molar-refractivity contribution in [2.75, 3.05) is 0 Å². The topological polar surface area (TPSA) is 69.2 Å². The molecule has 0 heterocycles. The van der Waals surface area contributed by atoms with E-state index >= 15 is 0 Å². The van der Waals surface area contributed by atoms with Crippen molar-refractivity contribution in [3.05, 3.63) is 0 Å². The van der Waals surface area contributed by atoms with E-state index in [9.17, 15) is 0 Å². The van der Waals surface area contributed by atoms with Gasteiger partial charge in [0.25, 0.3) is 0 Å². The zero-order valence-corrected chi connectivity index (χ0v) is 5.28. The molecule has 26 valence electrons. The van der Waals surface area contributed by atoms with E-state index in [4.69, 9.17) is 12.3 Å². The van der Waals surface area contributed by atoms with E-state index < -0.39 is 15.7 Å². The van der Waals surface area contributed by atoms with Gasteiger partial charge >= 0.3 is 45.3 Å². The first-order chi connectivity index (χ1) is 1.73. The van der Waals surface area contributed by atoms with Gasteiger partial charge in [-0.05, 0) is 0 Å². The molecule has 5 heavy (non-hydrogen) atoms. The van der Waals surface area contributed by atoms with Gasteiger partial charge in [0.15, 0.2) is 0 Å². The molecule has 0 aliphatic rings. The van der Waals surface area contributed by atoms with Gasteiger partial charge < -0.3 is 0 Å². The molecule has 0 aromatic carbocycles. The van der Waals surface area contributed by atoms with Crippen LogP contribution in [0.15, 0.2) is 0 Å². The molecule has 0 aliphatic heterocycles. The van der Waals surface area contributed by atoms with Crippen molar-refractivity contribution in [2.45, 2.75) is 0 Å². The van der Waals surface area contributed by atoms with E-state index in [1.807, 2.05) is 0 Å². The molecule has 0 unspecified atom stereocenters. The predicted molar refractivity (Wildman–Crippen MR) is 11.5 cm³/mol.